The van der Waals surface area contributed by atoms with Crippen molar-refractivity contribution in [1.29, 1.82) is 0 Å². The van der Waals surface area contributed by atoms with E-state index in [9.17, 15) is 0 Å². The summed E-state index contributed by atoms with van der Waals surface area (Å²) in [6.45, 7) is 9.43. The molecule has 8 heteroatoms. The van der Waals surface area contributed by atoms with Gasteiger partial charge < -0.3 is 0 Å². The van der Waals surface area contributed by atoms with Crippen molar-refractivity contribution < 1.29 is 0 Å². The lowest BCUT2D eigenvalue weighted by Crippen LogP contribution is -2.16. The molecular formula is C72H52N8. The molecule has 80 heavy (non-hydrogen) atoms. The lowest BCUT2D eigenvalue weighted by molar-refractivity contribution is 0.652. The number of fused-ring (bicyclic) bond motifs is 11. The first-order valence-corrected chi connectivity index (χ1v) is 27.7. The topological polar surface area (TPSA) is 87.2 Å². The minimum atomic E-state index is -0.222. The van der Waals surface area contributed by atoms with E-state index in [0.29, 0.717) is 35.2 Å². The third kappa shape index (κ3) is 6.94. The van der Waals surface area contributed by atoms with E-state index in [-0.39, 0.29) is 10.8 Å². The molecule has 0 spiro atoms. The fraction of sp³-hybridized carbons (Fsp3) is 0.111. The molecule has 0 radical (unpaired) electrons. The lowest BCUT2D eigenvalue weighted by atomic mass is 9.80. The van der Waals surface area contributed by atoms with Crippen molar-refractivity contribution in [3.05, 3.63) is 246 Å². The average Bonchev–Trinajstić information content (AvgIpc) is 4.34. The molecule has 9 aromatic carbocycles. The molecule has 0 N–H and O–H groups in total. The number of nitrogens with zero attached hydrogens (tertiary/aromatic N) is 8. The number of hydrogen-bond acceptors (Lipinski definition) is 6. The highest BCUT2D eigenvalue weighted by atomic mass is 15.2. The molecule has 0 saturated heterocycles. The Morgan fingerprint density at radius 1 is 0.338 bits per heavy atom. The minimum absolute atomic E-state index is 0.175. The molecule has 380 valence electrons. The summed E-state index contributed by atoms with van der Waals surface area (Å²) in [5, 5.41) is 4.55. The van der Waals surface area contributed by atoms with Gasteiger partial charge in [0, 0.05) is 54.6 Å². The third-order valence-corrected chi connectivity index (χ3v) is 17.3. The van der Waals surface area contributed by atoms with Crippen LogP contribution < -0.4 is 0 Å². The van der Waals surface area contributed by atoms with Crippen LogP contribution in [-0.2, 0) is 10.8 Å². The zero-order valence-corrected chi connectivity index (χ0v) is 44.8. The SMILES string of the molecule is CC1(C)C2=C(CCC=C2)c2cc3c4cc(-c5ccc6c(c5)c5cc7c(cc5n6-c5nc(-c6ccccc6)nc(-c6ccccc6)n5)C(C)(C)c5ccccc5-7)ccc4n(-c4nc(-c5ccccc5)nc(-c5ccccc5)n4)c3cc21. The smallest absolute Gasteiger partial charge is 0.238 e. The van der Waals surface area contributed by atoms with Crippen molar-refractivity contribution in [1.82, 2.24) is 39.0 Å². The molecule has 4 heterocycles. The van der Waals surface area contributed by atoms with Crippen LogP contribution in [0, 0.1) is 0 Å². The fourth-order valence-corrected chi connectivity index (χ4v) is 13.3. The van der Waals surface area contributed by atoms with E-state index in [0.717, 1.165) is 89.8 Å². The number of allylic oxidation sites excluding steroid dienone is 4. The van der Waals surface area contributed by atoms with Crippen molar-refractivity contribution >= 4 is 49.2 Å². The second-order valence-electron chi connectivity index (χ2n) is 22.6. The first-order valence-electron chi connectivity index (χ1n) is 27.7. The Labute approximate surface area is 463 Å². The van der Waals surface area contributed by atoms with Gasteiger partial charge in [0.25, 0.3) is 0 Å². The van der Waals surface area contributed by atoms with Crippen LogP contribution in [0.3, 0.4) is 0 Å². The zero-order chi connectivity index (χ0) is 53.4. The van der Waals surface area contributed by atoms with Crippen LogP contribution >= 0.6 is 0 Å². The maximum absolute atomic E-state index is 5.34. The van der Waals surface area contributed by atoms with Crippen molar-refractivity contribution in [3.63, 3.8) is 0 Å². The van der Waals surface area contributed by atoms with Crippen molar-refractivity contribution in [2.75, 3.05) is 0 Å². The molecule has 0 unspecified atom stereocenters. The number of aromatic nitrogens is 8. The third-order valence-electron chi connectivity index (χ3n) is 17.3. The molecule has 3 aliphatic rings. The highest BCUT2D eigenvalue weighted by molar-refractivity contribution is 6.14. The van der Waals surface area contributed by atoms with Gasteiger partial charge in [-0.15, -0.1) is 0 Å². The Balaban J connectivity index is 0.944. The van der Waals surface area contributed by atoms with Gasteiger partial charge in [-0.2, -0.15) is 19.9 Å². The predicted octanol–water partition coefficient (Wildman–Crippen LogP) is 17.3. The largest absolute Gasteiger partial charge is 0.278 e. The van der Waals surface area contributed by atoms with Crippen LogP contribution in [0.1, 0.15) is 62.8 Å². The Bertz CT molecular complexity index is 4680. The summed E-state index contributed by atoms with van der Waals surface area (Å²) in [6.07, 6.45) is 6.77. The average molecular weight is 1030 g/mol. The highest BCUT2D eigenvalue weighted by Crippen LogP contribution is 2.54. The van der Waals surface area contributed by atoms with Gasteiger partial charge in [-0.3, -0.25) is 9.13 Å². The standard InChI is InChI=1S/C72H52N8/c1-71(2)57-31-19-17-29-49(57)51-39-55-53-37-47(33-35-61(53)79(63(55)41-59(51)71)69-75-65(43-21-9-5-10-22-43)73-66(76-69)44-23-11-6-12-24-44)48-34-36-62-54(38-48)56-40-52-50-30-18-20-32-58(50)72(3,4)60(52)42-64(56)80(62)70-77-67(45-25-13-7-14-26-45)74-68(78-70)46-27-15-8-16-28-46/h5-17,19-29,31-42H,18,30H2,1-4H3. The second kappa shape index (κ2) is 17.3. The highest BCUT2D eigenvalue weighted by Gasteiger charge is 2.39. The Kier molecular flexibility index (Phi) is 9.99. The molecule has 0 amide bonds. The minimum Gasteiger partial charge on any atom is -0.278 e. The van der Waals surface area contributed by atoms with Gasteiger partial charge in [0.15, 0.2) is 23.3 Å². The monoisotopic (exact) mass is 1030 g/mol. The summed E-state index contributed by atoms with van der Waals surface area (Å²) in [5.41, 5.74) is 20.4. The normalized spacial score (nSPS) is 14.8. The molecule has 0 fully saturated rings. The van der Waals surface area contributed by atoms with Crippen LogP contribution in [-0.4, -0.2) is 39.0 Å². The first-order chi connectivity index (χ1) is 39.2. The number of benzene rings is 9. The van der Waals surface area contributed by atoms with E-state index >= 15 is 0 Å². The molecule has 4 aromatic heterocycles. The molecule has 0 saturated carbocycles. The number of rotatable bonds is 7. The number of hydrogen-bond donors (Lipinski definition) is 0. The second-order valence-corrected chi connectivity index (χ2v) is 22.6. The molecule has 0 aliphatic heterocycles. The Hall–Kier alpha value is -9.92. The molecule has 3 aliphatic carbocycles. The van der Waals surface area contributed by atoms with E-state index in [1.807, 2.05) is 72.8 Å². The molecule has 13 aromatic rings. The lowest BCUT2D eigenvalue weighted by Gasteiger charge is -2.24. The summed E-state index contributed by atoms with van der Waals surface area (Å²) in [5.74, 6) is 3.64. The van der Waals surface area contributed by atoms with Crippen LogP contribution in [0.5, 0.6) is 0 Å². The van der Waals surface area contributed by atoms with Crippen molar-refractivity contribution in [2.45, 2.75) is 51.4 Å². The summed E-state index contributed by atoms with van der Waals surface area (Å²) in [6, 6.07) is 73.3. The van der Waals surface area contributed by atoms with Crippen molar-refractivity contribution in [2.24, 2.45) is 0 Å². The van der Waals surface area contributed by atoms with Crippen LogP contribution in [0.4, 0.5) is 0 Å². The van der Waals surface area contributed by atoms with Crippen molar-refractivity contribution in [3.8, 4) is 79.7 Å². The molecule has 8 nitrogen and oxygen atoms in total. The van der Waals surface area contributed by atoms with E-state index < -0.39 is 0 Å². The van der Waals surface area contributed by atoms with E-state index in [1.165, 1.54) is 44.5 Å². The molecular weight excluding hydrogens is 977 g/mol. The molecule has 0 bridgehead atoms. The van der Waals surface area contributed by atoms with Crippen LogP contribution in [0.2, 0.25) is 0 Å². The van der Waals surface area contributed by atoms with E-state index in [4.69, 9.17) is 29.9 Å². The first kappa shape index (κ1) is 46.2. The van der Waals surface area contributed by atoms with Gasteiger partial charge >= 0.3 is 0 Å². The van der Waals surface area contributed by atoms with E-state index in [1.54, 1.807) is 0 Å². The predicted molar refractivity (Wildman–Crippen MR) is 325 cm³/mol. The van der Waals surface area contributed by atoms with Gasteiger partial charge in [0.05, 0.1) is 22.1 Å². The van der Waals surface area contributed by atoms with Crippen LogP contribution in [0.25, 0.3) is 129 Å². The summed E-state index contributed by atoms with van der Waals surface area (Å²) in [7, 11) is 0. The Morgan fingerprint density at radius 2 is 0.750 bits per heavy atom. The maximum Gasteiger partial charge on any atom is 0.238 e. The van der Waals surface area contributed by atoms with Gasteiger partial charge in [-0.25, -0.2) is 9.97 Å². The summed E-state index contributed by atoms with van der Waals surface area (Å²) < 4.78 is 4.54. The molecule has 16 rings (SSSR count). The quantitative estimate of drug-likeness (QED) is 0.158. The summed E-state index contributed by atoms with van der Waals surface area (Å²) >= 11 is 0. The summed E-state index contributed by atoms with van der Waals surface area (Å²) in [4.78, 5) is 31.6. The fourth-order valence-electron chi connectivity index (χ4n) is 13.3. The van der Waals surface area contributed by atoms with E-state index in [2.05, 4.69) is 182 Å². The maximum atomic E-state index is 5.34. The van der Waals surface area contributed by atoms with Gasteiger partial charge in [-0.1, -0.05) is 198 Å². The molecule has 0 atom stereocenters. The van der Waals surface area contributed by atoms with Crippen LogP contribution in [0.15, 0.2) is 224 Å². The zero-order valence-electron chi connectivity index (χ0n) is 44.8. The van der Waals surface area contributed by atoms with Gasteiger partial charge in [0.2, 0.25) is 11.9 Å². The Morgan fingerprint density at radius 3 is 1.23 bits per heavy atom. The van der Waals surface area contributed by atoms with Gasteiger partial charge in [0.1, 0.15) is 0 Å². The van der Waals surface area contributed by atoms with Gasteiger partial charge in [-0.05, 0) is 117 Å².